The quantitative estimate of drug-likeness (QED) is 0.651. The molecule has 102 valence electrons. The summed E-state index contributed by atoms with van der Waals surface area (Å²) in [7, 11) is 0. The van der Waals surface area contributed by atoms with Crippen LogP contribution in [0.5, 0.6) is 0 Å². The summed E-state index contributed by atoms with van der Waals surface area (Å²) in [6, 6.07) is 15.2. The summed E-state index contributed by atoms with van der Waals surface area (Å²) in [6.45, 7) is 0. The molecule has 5 heteroatoms. The van der Waals surface area contributed by atoms with Crippen molar-refractivity contribution in [2.75, 3.05) is 5.32 Å². The molecule has 0 aliphatic rings. The number of rotatable bonds is 4. The van der Waals surface area contributed by atoms with Crippen LogP contribution in [0.4, 0.5) is 5.69 Å². The van der Waals surface area contributed by atoms with Crippen LogP contribution >= 0.6 is 34.5 Å². The van der Waals surface area contributed by atoms with E-state index in [2.05, 4.69) is 5.32 Å². The average molecular weight is 324 g/mol. The second-order valence-corrected chi connectivity index (χ2v) is 6.42. The summed E-state index contributed by atoms with van der Waals surface area (Å²) in [6.07, 6.45) is 1.67. The summed E-state index contributed by atoms with van der Waals surface area (Å²) in [5.41, 5.74) is 0.973. The molecule has 0 amide bonds. The van der Waals surface area contributed by atoms with Gasteiger partial charge in [-0.1, -0.05) is 23.2 Å². The van der Waals surface area contributed by atoms with Gasteiger partial charge >= 0.3 is 0 Å². The third-order valence-corrected chi connectivity index (χ3v) is 4.41. The topological polar surface area (TPSA) is 25.2 Å². The molecule has 1 unspecified atom stereocenters. The van der Waals surface area contributed by atoms with Crippen molar-refractivity contribution in [3.05, 3.63) is 74.8 Å². The van der Waals surface area contributed by atoms with Gasteiger partial charge in [-0.2, -0.15) is 0 Å². The lowest BCUT2D eigenvalue weighted by Crippen LogP contribution is -2.09. The van der Waals surface area contributed by atoms with Crippen LogP contribution in [0.25, 0.3) is 0 Å². The van der Waals surface area contributed by atoms with Gasteiger partial charge in [0.15, 0.2) is 0 Å². The largest absolute Gasteiger partial charge is 0.467 e. The van der Waals surface area contributed by atoms with E-state index in [0.717, 1.165) is 20.7 Å². The fraction of sp³-hybridized carbons (Fsp3) is 0.0667. The van der Waals surface area contributed by atoms with Crippen molar-refractivity contribution in [2.45, 2.75) is 6.04 Å². The molecule has 2 heterocycles. The second kappa shape index (κ2) is 5.92. The van der Waals surface area contributed by atoms with Crippen molar-refractivity contribution >= 4 is 40.2 Å². The van der Waals surface area contributed by atoms with E-state index in [-0.39, 0.29) is 6.04 Å². The molecule has 2 aromatic heterocycles. The van der Waals surface area contributed by atoms with Crippen molar-refractivity contribution in [3.63, 3.8) is 0 Å². The zero-order valence-electron chi connectivity index (χ0n) is 10.3. The summed E-state index contributed by atoms with van der Waals surface area (Å²) < 4.78 is 6.29. The Morgan fingerprint density at radius 1 is 1.00 bits per heavy atom. The number of anilines is 1. The minimum Gasteiger partial charge on any atom is -0.467 e. The van der Waals surface area contributed by atoms with Gasteiger partial charge in [-0.25, -0.2) is 0 Å². The zero-order valence-corrected chi connectivity index (χ0v) is 12.7. The fourth-order valence-corrected chi connectivity index (χ4v) is 3.18. The Morgan fingerprint density at radius 2 is 1.80 bits per heavy atom. The number of halogens is 2. The van der Waals surface area contributed by atoms with Crippen LogP contribution < -0.4 is 5.32 Å². The molecule has 2 nitrogen and oxygen atoms in total. The molecule has 0 aliphatic carbocycles. The van der Waals surface area contributed by atoms with Crippen LogP contribution in [0.3, 0.4) is 0 Å². The molecule has 3 rings (SSSR count). The predicted molar refractivity (Wildman–Crippen MR) is 85.0 cm³/mol. The first-order chi connectivity index (χ1) is 9.72. The molecule has 0 aliphatic heterocycles. The highest BCUT2D eigenvalue weighted by atomic mass is 35.5. The van der Waals surface area contributed by atoms with Crippen molar-refractivity contribution < 1.29 is 4.42 Å². The molecular formula is C15H11Cl2NOS. The van der Waals surface area contributed by atoms with E-state index < -0.39 is 0 Å². The van der Waals surface area contributed by atoms with Crippen molar-refractivity contribution in [3.8, 4) is 0 Å². The maximum atomic E-state index is 6.03. The molecule has 1 aromatic carbocycles. The molecule has 0 saturated heterocycles. The van der Waals surface area contributed by atoms with Crippen molar-refractivity contribution in [1.82, 2.24) is 0 Å². The van der Waals surface area contributed by atoms with Gasteiger partial charge in [-0.3, -0.25) is 0 Å². The van der Waals surface area contributed by atoms with Crippen LogP contribution in [-0.4, -0.2) is 0 Å². The van der Waals surface area contributed by atoms with E-state index in [1.54, 1.807) is 6.26 Å². The predicted octanol–water partition coefficient (Wildman–Crippen LogP) is 5.85. The lowest BCUT2D eigenvalue weighted by atomic mass is 10.1. The van der Waals surface area contributed by atoms with Crippen LogP contribution in [0.1, 0.15) is 16.7 Å². The van der Waals surface area contributed by atoms with Crippen LogP contribution in [-0.2, 0) is 0 Å². The molecule has 0 spiro atoms. The van der Waals surface area contributed by atoms with Gasteiger partial charge in [-0.15, -0.1) is 11.3 Å². The first kappa shape index (κ1) is 13.6. The van der Waals surface area contributed by atoms with E-state index in [9.17, 15) is 0 Å². The Kier molecular flexibility index (Phi) is 4.01. The molecule has 1 atom stereocenters. The summed E-state index contributed by atoms with van der Waals surface area (Å²) >= 11 is 13.5. The van der Waals surface area contributed by atoms with Gasteiger partial charge in [0.1, 0.15) is 11.8 Å². The maximum absolute atomic E-state index is 6.03. The highest BCUT2D eigenvalue weighted by molar-refractivity contribution is 7.16. The fourth-order valence-electron chi connectivity index (χ4n) is 1.93. The number of furan rings is 1. The summed E-state index contributed by atoms with van der Waals surface area (Å²) in [4.78, 5) is 1.10. The SMILES string of the molecule is Clc1ccc(NC(c2ccco2)c2ccc(Cl)s2)cc1. The Labute approximate surface area is 131 Å². The van der Waals surface area contributed by atoms with Gasteiger partial charge in [0.2, 0.25) is 0 Å². The smallest absolute Gasteiger partial charge is 0.131 e. The third-order valence-electron chi connectivity index (χ3n) is 2.86. The van der Waals surface area contributed by atoms with E-state index in [4.69, 9.17) is 27.6 Å². The van der Waals surface area contributed by atoms with Gasteiger partial charge in [-0.05, 0) is 48.5 Å². The van der Waals surface area contributed by atoms with Crippen molar-refractivity contribution in [1.29, 1.82) is 0 Å². The Bertz CT molecular complexity index is 676. The lowest BCUT2D eigenvalue weighted by molar-refractivity contribution is 0.501. The van der Waals surface area contributed by atoms with Gasteiger partial charge in [0.05, 0.1) is 10.6 Å². The number of thiophene rings is 1. The van der Waals surface area contributed by atoms with Gasteiger partial charge < -0.3 is 9.73 Å². The molecule has 20 heavy (non-hydrogen) atoms. The second-order valence-electron chi connectivity index (χ2n) is 4.24. The van der Waals surface area contributed by atoms with E-state index >= 15 is 0 Å². The maximum Gasteiger partial charge on any atom is 0.131 e. The Morgan fingerprint density at radius 3 is 2.40 bits per heavy atom. The lowest BCUT2D eigenvalue weighted by Gasteiger charge is -2.16. The van der Waals surface area contributed by atoms with Gasteiger partial charge in [0, 0.05) is 15.6 Å². The normalized spacial score (nSPS) is 12.3. The zero-order chi connectivity index (χ0) is 13.9. The van der Waals surface area contributed by atoms with E-state index in [0.29, 0.717) is 5.02 Å². The van der Waals surface area contributed by atoms with E-state index in [1.165, 1.54) is 11.3 Å². The van der Waals surface area contributed by atoms with Gasteiger partial charge in [0.25, 0.3) is 0 Å². The average Bonchev–Trinajstić information content (AvgIpc) is 3.09. The number of benzene rings is 1. The minimum absolute atomic E-state index is 0.0660. The molecule has 0 fully saturated rings. The standard InChI is InChI=1S/C15H11Cl2NOS/c16-10-3-5-11(6-4-10)18-15(12-2-1-9-19-12)13-7-8-14(17)20-13/h1-9,15,18H. The monoisotopic (exact) mass is 323 g/mol. The molecule has 1 N–H and O–H groups in total. The molecule has 0 radical (unpaired) electrons. The number of nitrogens with one attached hydrogen (secondary N) is 1. The van der Waals surface area contributed by atoms with Crippen LogP contribution in [0.2, 0.25) is 9.36 Å². The van der Waals surface area contributed by atoms with Crippen molar-refractivity contribution in [2.24, 2.45) is 0 Å². The Balaban J connectivity index is 1.92. The van der Waals surface area contributed by atoms with Crippen LogP contribution in [0.15, 0.2) is 59.2 Å². The third kappa shape index (κ3) is 3.01. The summed E-state index contributed by atoms with van der Waals surface area (Å²) in [5, 5.41) is 4.15. The highest BCUT2D eigenvalue weighted by Gasteiger charge is 2.18. The minimum atomic E-state index is -0.0660. The molecule has 0 saturated carbocycles. The first-order valence-electron chi connectivity index (χ1n) is 6.03. The van der Waals surface area contributed by atoms with E-state index in [1.807, 2.05) is 48.5 Å². The highest BCUT2D eigenvalue weighted by Crippen LogP contribution is 2.34. The molecule has 3 aromatic rings. The van der Waals surface area contributed by atoms with Crippen LogP contribution in [0, 0.1) is 0 Å². The summed E-state index contributed by atoms with van der Waals surface area (Å²) in [5.74, 6) is 0.846. The molecule has 0 bridgehead atoms. The number of hydrogen-bond acceptors (Lipinski definition) is 3. The number of hydrogen-bond donors (Lipinski definition) is 1. The Hall–Kier alpha value is -1.42. The first-order valence-corrected chi connectivity index (χ1v) is 7.60. The molecular weight excluding hydrogens is 313 g/mol.